The molecule has 24 heavy (non-hydrogen) atoms. The molecule has 6 nitrogen and oxygen atoms in total. The number of aromatic nitrogens is 2. The highest BCUT2D eigenvalue weighted by molar-refractivity contribution is 5.93. The molecule has 0 aliphatic carbocycles. The Morgan fingerprint density at radius 3 is 2.83 bits per heavy atom. The van der Waals surface area contributed by atoms with Gasteiger partial charge in [0.15, 0.2) is 0 Å². The zero-order valence-corrected chi connectivity index (χ0v) is 13.4. The van der Waals surface area contributed by atoms with Gasteiger partial charge in [-0.2, -0.15) is 0 Å². The molecule has 6 heteroatoms. The van der Waals surface area contributed by atoms with E-state index in [0.29, 0.717) is 16.9 Å². The summed E-state index contributed by atoms with van der Waals surface area (Å²) in [7, 11) is 3.25. The Hall–Kier alpha value is -3.15. The number of nitrogens with one attached hydrogen (secondary N) is 1. The molecule has 3 aromatic rings. The second kappa shape index (κ2) is 6.54. The number of pyridine rings is 2. The van der Waals surface area contributed by atoms with Crippen LogP contribution in [0.1, 0.15) is 15.9 Å². The van der Waals surface area contributed by atoms with Crippen molar-refractivity contribution in [3.63, 3.8) is 0 Å². The molecule has 0 radical (unpaired) electrons. The second-order valence-electron chi connectivity index (χ2n) is 5.48. The summed E-state index contributed by atoms with van der Waals surface area (Å²) in [5, 5.41) is 0.853. The minimum atomic E-state index is -0.210. The van der Waals surface area contributed by atoms with Gasteiger partial charge in [-0.25, -0.2) is 0 Å². The molecule has 0 aliphatic heterocycles. The fraction of sp³-hybridized carbons (Fsp3) is 0.167. The number of nitrogens with zero attached hydrogens (tertiary/aromatic N) is 2. The number of rotatable bonds is 4. The number of ether oxygens (including phenoxy) is 1. The normalized spacial score (nSPS) is 10.6. The van der Waals surface area contributed by atoms with E-state index in [4.69, 9.17) is 4.74 Å². The SMILES string of the molecule is COc1ccc2[nH]c(=O)c(CN(C)C(=O)c3cccnc3)cc2c1. The van der Waals surface area contributed by atoms with Gasteiger partial charge in [-0.05, 0) is 36.4 Å². The van der Waals surface area contributed by atoms with Gasteiger partial charge < -0.3 is 14.6 Å². The zero-order valence-electron chi connectivity index (χ0n) is 13.4. The lowest BCUT2D eigenvalue weighted by atomic mass is 10.1. The predicted molar refractivity (Wildman–Crippen MR) is 91.2 cm³/mol. The number of hydrogen-bond donors (Lipinski definition) is 1. The summed E-state index contributed by atoms with van der Waals surface area (Å²) >= 11 is 0. The van der Waals surface area contributed by atoms with Gasteiger partial charge in [-0.1, -0.05) is 0 Å². The van der Waals surface area contributed by atoms with Crippen LogP contribution in [0.2, 0.25) is 0 Å². The average molecular weight is 323 g/mol. The van der Waals surface area contributed by atoms with Crippen LogP contribution in [0.4, 0.5) is 0 Å². The van der Waals surface area contributed by atoms with Crippen molar-refractivity contribution in [2.75, 3.05) is 14.2 Å². The maximum atomic E-state index is 12.4. The number of aromatic amines is 1. The highest BCUT2D eigenvalue weighted by Gasteiger charge is 2.14. The Bertz CT molecular complexity index is 935. The third-order valence-corrected chi connectivity index (χ3v) is 3.79. The van der Waals surface area contributed by atoms with E-state index in [-0.39, 0.29) is 18.0 Å². The van der Waals surface area contributed by atoms with Crippen molar-refractivity contribution in [3.8, 4) is 5.75 Å². The molecule has 3 rings (SSSR count). The monoisotopic (exact) mass is 323 g/mol. The summed E-state index contributed by atoms with van der Waals surface area (Å²) in [6.45, 7) is 0.205. The highest BCUT2D eigenvalue weighted by Crippen LogP contribution is 2.19. The first-order valence-corrected chi connectivity index (χ1v) is 7.44. The van der Waals surface area contributed by atoms with E-state index < -0.39 is 0 Å². The van der Waals surface area contributed by atoms with Gasteiger partial charge in [0.2, 0.25) is 0 Å². The molecule has 0 unspecified atom stereocenters. The number of amides is 1. The van der Waals surface area contributed by atoms with Gasteiger partial charge in [0.25, 0.3) is 11.5 Å². The maximum absolute atomic E-state index is 12.4. The Kier molecular flexibility index (Phi) is 4.29. The van der Waals surface area contributed by atoms with Crippen LogP contribution in [0.25, 0.3) is 10.9 Å². The summed E-state index contributed by atoms with van der Waals surface area (Å²) in [6.07, 6.45) is 3.12. The van der Waals surface area contributed by atoms with Crippen molar-refractivity contribution >= 4 is 16.8 Å². The predicted octanol–water partition coefficient (Wildman–Crippen LogP) is 2.20. The molecule has 0 atom stereocenters. The number of benzene rings is 1. The third kappa shape index (κ3) is 3.12. The van der Waals surface area contributed by atoms with Crippen LogP contribution in [0.15, 0.2) is 53.6 Å². The van der Waals surface area contributed by atoms with Crippen LogP contribution in [-0.4, -0.2) is 34.9 Å². The molecular weight excluding hydrogens is 306 g/mol. The molecule has 1 aromatic carbocycles. The van der Waals surface area contributed by atoms with Crippen LogP contribution >= 0.6 is 0 Å². The molecule has 1 amide bonds. The molecule has 0 fully saturated rings. The van der Waals surface area contributed by atoms with Gasteiger partial charge in [0.1, 0.15) is 5.75 Å². The van der Waals surface area contributed by atoms with Gasteiger partial charge >= 0.3 is 0 Å². The minimum Gasteiger partial charge on any atom is -0.497 e. The van der Waals surface area contributed by atoms with Crippen molar-refractivity contribution in [2.24, 2.45) is 0 Å². The molecule has 0 saturated heterocycles. The van der Waals surface area contributed by atoms with Gasteiger partial charge in [0, 0.05) is 35.9 Å². The van der Waals surface area contributed by atoms with E-state index >= 15 is 0 Å². The van der Waals surface area contributed by atoms with Crippen LogP contribution in [0, 0.1) is 0 Å². The molecule has 122 valence electrons. The summed E-state index contributed by atoms with van der Waals surface area (Å²) in [6, 6.07) is 10.6. The van der Waals surface area contributed by atoms with Crippen molar-refractivity contribution in [1.82, 2.24) is 14.9 Å². The zero-order chi connectivity index (χ0) is 17.1. The van der Waals surface area contributed by atoms with E-state index in [1.165, 1.54) is 11.1 Å². The number of H-pyrrole nitrogens is 1. The topological polar surface area (TPSA) is 75.3 Å². The lowest BCUT2D eigenvalue weighted by Crippen LogP contribution is -2.29. The molecule has 0 bridgehead atoms. The molecule has 2 heterocycles. The fourth-order valence-corrected chi connectivity index (χ4v) is 2.51. The lowest BCUT2D eigenvalue weighted by molar-refractivity contribution is 0.0784. The highest BCUT2D eigenvalue weighted by atomic mass is 16.5. The maximum Gasteiger partial charge on any atom is 0.255 e. The van der Waals surface area contributed by atoms with Crippen LogP contribution in [0.5, 0.6) is 5.75 Å². The summed E-state index contributed by atoms with van der Waals surface area (Å²) in [4.78, 5) is 32.9. The van der Waals surface area contributed by atoms with Crippen LogP contribution in [-0.2, 0) is 6.54 Å². The molecule has 0 aliphatic rings. The molecule has 1 N–H and O–H groups in total. The summed E-state index contributed by atoms with van der Waals surface area (Å²) in [5.74, 6) is 0.522. The first-order chi connectivity index (χ1) is 11.6. The Labute approximate surface area is 138 Å². The largest absolute Gasteiger partial charge is 0.497 e. The molecule has 0 spiro atoms. The standard InChI is InChI=1S/C18H17N3O3/c1-21(18(23)12-4-3-7-19-10-12)11-14-8-13-9-15(24-2)5-6-16(13)20-17(14)22/h3-10H,11H2,1-2H3,(H,20,22). The van der Waals surface area contributed by atoms with Gasteiger partial charge in [-0.3, -0.25) is 14.6 Å². The molecular formula is C18H17N3O3. The van der Waals surface area contributed by atoms with Crippen LogP contribution < -0.4 is 10.3 Å². The Morgan fingerprint density at radius 2 is 2.12 bits per heavy atom. The summed E-state index contributed by atoms with van der Waals surface area (Å²) < 4.78 is 5.21. The van der Waals surface area contributed by atoms with Crippen molar-refractivity contribution in [2.45, 2.75) is 6.54 Å². The van der Waals surface area contributed by atoms with Gasteiger partial charge in [0.05, 0.1) is 19.2 Å². The van der Waals surface area contributed by atoms with Crippen LogP contribution in [0.3, 0.4) is 0 Å². The number of carbonyl (C=O) groups excluding carboxylic acids is 1. The molecule has 2 aromatic heterocycles. The minimum absolute atomic E-state index is 0.187. The number of hydrogen-bond acceptors (Lipinski definition) is 4. The van der Waals surface area contributed by atoms with E-state index in [2.05, 4.69) is 9.97 Å². The number of methoxy groups -OCH3 is 1. The van der Waals surface area contributed by atoms with Crippen molar-refractivity contribution in [1.29, 1.82) is 0 Å². The number of carbonyl (C=O) groups is 1. The van der Waals surface area contributed by atoms with Crippen molar-refractivity contribution < 1.29 is 9.53 Å². The quantitative estimate of drug-likeness (QED) is 0.799. The lowest BCUT2D eigenvalue weighted by Gasteiger charge is -2.17. The fourth-order valence-electron chi connectivity index (χ4n) is 2.51. The smallest absolute Gasteiger partial charge is 0.255 e. The van der Waals surface area contributed by atoms with E-state index in [1.807, 2.05) is 6.07 Å². The third-order valence-electron chi connectivity index (χ3n) is 3.79. The van der Waals surface area contributed by atoms with Crippen molar-refractivity contribution in [3.05, 3.63) is 70.3 Å². The summed E-state index contributed by atoms with van der Waals surface area (Å²) in [5.41, 5.74) is 1.51. The average Bonchev–Trinajstić information content (AvgIpc) is 2.62. The first kappa shape index (κ1) is 15.7. The second-order valence-corrected chi connectivity index (χ2v) is 5.48. The van der Waals surface area contributed by atoms with E-state index in [1.54, 1.807) is 50.7 Å². The van der Waals surface area contributed by atoms with E-state index in [0.717, 1.165) is 10.9 Å². The van der Waals surface area contributed by atoms with E-state index in [9.17, 15) is 9.59 Å². The molecule has 0 saturated carbocycles. The Morgan fingerprint density at radius 1 is 1.29 bits per heavy atom. The number of fused-ring (bicyclic) bond motifs is 1. The van der Waals surface area contributed by atoms with Gasteiger partial charge in [-0.15, -0.1) is 0 Å². The first-order valence-electron chi connectivity index (χ1n) is 7.44. The Balaban J connectivity index is 1.90.